The molecule has 26 heavy (non-hydrogen) atoms. The summed E-state index contributed by atoms with van der Waals surface area (Å²) >= 11 is 1.41. The molecule has 0 saturated heterocycles. The highest BCUT2D eigenvalue weighted by Crippen LogP contribution is 2.30. The number of nitrogens with zero attached hydrogens (tertiary/aromatic N) is 1. The predicted molar refractivity (Wildman–Crippen MR) is 105 cm³/mol. The van der Waals surface area contributed by atoms with Crippen LogP contribution in [0.5, 0.6) is 5.75 Å². The quantitative estimate of drug-likeness (QED) is 0.742. The first-order chi connectivity index (χ1) is 12.3. The maximum Gasteiger partial charge on any atom is 0.267 e. The van der Waals surface area contributed by atoms with Gasteiger partial charge in [0.05, 0.1) is 23.5 Å². The molecule has 0 bridgehead atoms. The molecule has 0 fully saturated rings. The standard InChI is InChI=1S/C19H25N3O3S/c1-6-7-16(23)22-14-9-8-13(10-15(14)25-5)21-18(24)17-12(4)20-19(26-17)11(2)3/h8-11H,6-7H2,1-5H3,(H,21,24)(H,22,23). The van der Waals surface area contributed by atoms with Crippen molar-refractivity contribution in [2.75, 3.05) is 17.7 Å². The van der Waals surface area contributed by atoms with Crippen molar-refractivity contribution >= 4 is 34.5 Å². The number of hydrogen-bond donors (Lipinski definition) is 2. The predicted octanol–water partition coefficient (Wildman–Crippen LogP) is 4.57. The van der Waals surface area contributed by atoms with Crippen LogP contribution in [0.3, 0.4) is 0 Å². The summed E-state index contributed by atoms with van der Waals surface area (Å²) in [5.74, 6) is 0.517. The summed E-state index contributed by atoms with van der Waals surface area (Å²) in [7, 11) is 1.53. The van der Waals surface area contributed by atoms with Gasteiger partial charge in [-0.25, -0.2) is 4.98 Å². The summed E-state index contributed by atoms with van der Waals surface area (Å²) in [5.41, 5.74) is 1.91. The molecule has 0 aliphatic carbocycles. The van der Waals surface area contributed by atoms with Crippen LogP contribution in [0.1, 0.15) is 59.9 Å². The van der Waals surface area contributed by atoms with Crippen molar-refractivity contribution in [3.05, 3.63) is 33.8 Å². The Balaban J connectivity index is 2.16. The normalized spacial score (nSPS) is 10.7. The minimum atomic E-state index is -0.197. The molecule has 0 unspecified atom stereocenters. The highest BCUT2D eigenvalue weighted by molar-refractivity contribution is 7.14. The van der Waals surface area contributed by atoms with Gasteiger partial charge in [0.15, 0.2) is 0 Å². The van der Waals surface area contributed by atoms with Crippen LogP contribution in [0, 0.1) is 6.92 Å². The summed E-state index contributed by atoms with van der Waals surface area (Å²) in [5, 5.41) is 6.63. The molecule has 1 aromatic heterocycles. The average Bonchev–Trinajstić information content (AvgIpc) is 2.98. The summed E-state index contributed by atoms with van der Waals surface area (Å²) in [6.45, 7) is 7.89. The smallest absolute Gasteiger partial charge is 0.267 e. The lowest BCUT2D eigenvalue weighted by molar-refractivity contribution is -0.116. The number of methoxy groups -OCH3 is 1. The minimum Gasteiger partial charge on any atom is -0.494 e. The van der Waals surface area contributed by atoms with E-state index in [1.165, 1.54) is 18.4 Å². The number of rotatable bonds is 7. The zero-order valence-corrected chi connectivity index (χ0v) is 16.6. The van der Waals surface area contributed by atoms with Gasteiger partial charge < -0.3 is 15.4 Å². The Morgan fingerprint density at radius 3 is 2.58 bits per heavy atom. The number of aryl methyl sites for hydroxylation is 1. The zero-order valence-electron chi connectivity index (χ0n) is 15.8. The number of hydrogen-bond acceptors (Lipinski definition) is 5. The molecule has 0 radical (unpaired) electrons. The molecule has 140 valence electrons. The summed E-state index contributed by atoms with van der Waals surface area (Å²) < 4.78 is 5.34. The van der Waals surface area contributed by atoms with Crippen molar-refractivity contribution in [2.24, 2.45) is 0 Å². The molecular formula is C19H25N3O3S. The number of carbonyl (C=O) groups excluding carboxylic acids is 2. The lowest BCUT2D eigenvalue weighted by Gasteiger charge is -2.12. The third-order valence-electron chi connectivity index (χ3n) is 3.72. The number of carbonyl (C=O) groups is 2. The largest absolute Gasteiger partial charge is 0.494 e. The fourth-order valence-corrected chi connectivity index (χ4v) is 3.34. The lowest BCUT2D eigenvalue weighted by Crippen LogP contribution is -2.13. The monoisotopic (exact) mass is 375 g/mol. The van der Waals surface area contributed by atoms with Crippen LogP contribution in [0.2, 0.25) is 0 Å². The van der Waals surface area contributed by atoms with Crippen molar-refractivity contribution in [1.82, 2.24) is 4.98 Å². The van der Waals surface area contributed by atoms with Crippen LogP contribution in [0.25, 0.3) is 0 Å². The van der Waals surface area contributed by atoms with E-state index in [9.17, 15) is 9.59 Å². The Hall–Kier alpha value is -2.41. The average molecular weight is 375 g/mol. The Morgan fingerprint density at radius 1 is 1.27 bits per heavy atom. The summed E-state index contributed by atoms with van der Waals surface area (Å²) in [6.07, 6.45) is 1.22. The zero-order chi connectivity index (χ0) is 19.3. The first-order valence-corrected chi connectivity index (χ1v) is 9.43. The van der Waals surface area contributed by atoms with Gasteiger partial charge in [-0.05, 0) is 25.5 Å². The van der Waals surface area contributed by atoms with E-state index >= 15 is 0 Å². The number of thiazole rings is 1. The molecule has 0 atom stereocenters. The first kappa shape index (κ1) is 19.9. The molecule has 6 nitrogen and oxygen atoms in total. The van der Waals surface area contributed by atoms with Gasteiger partial charge in [-0.15, -0.1) is 11.3 Å². The fraction of sp³-hybridized carbons (Fsp3) is 0.421. The van der Waals surface area contributed by atoms with Crippen LogP contribution in [0.15, 0.2) is 18.2 Å². The Labute approximate surface area is 158 Å². The molecule has 0 saturated carbocycles. The van der Waals surface area contributed by atoms with Gasteiger partial charge in [-0.3, -0.25) is 9.59 Å². The van der Waals surface area contributed by atoms with E-state index in [0.717, 1.165) is 17.1 Å². The van der Waals surface area contributed by atoms with Gasteiger partial charge >= 0.3 is 0 Å². The molecular weight excluding hydrogens is 350 g/mol. The van der Waals surface area contributed by atoms with E-state index in [1.54, 1.807) is 18.2 Å². The topological polar surface area (TPSA) is 80.3 Å². The van der Waals surface area contributed by atoms with Gasteiger partial charge in [0, 0.05) is 24.1 Å². The molecule has 1 aromatic carbocycles. The SMILES string of the molecule is CCCC(=O)Nc1ccc(NC(=O)c2sc(C(C)C)nc2C)cc1OC. The number of aromatic nitrogens is 1. The van der Waals surface area contributed by atoms with Crippen molar-refractivity contribution < 1.29 is 14.3 Å². The highest BCUT2D eigenvalue weighted by Gasteiger charge is 2.17. The number of benzene rings is 1. The van der Waals surface area contributed by atoms with Gasteiger partial charge in [0.1, 0.15) is 10.6 Å². The molecule has 0 aliphatic rings. The number of anilines is 2. The van der Waals surface area contributed by atoms with Crippen molar-refractivity contribution in [1.29, 1.82) is 0 Å². The third kappa shape index (κ3) is 4.82. The summed E-state index contributed by atoms with van der Waals surface area (Å²) in [6, 6.07) is 5.15. The Kier molecular flexibility index (Phi) is 6.74. The van der Waals surface area contributed by atoms with E-state index in [0.29, 0.717) is 28.4 Å². The summed E-state index contributed by atoms with van der Waals surface area (Å²) in [4.78, 5) is 29.4. The molecule has 2 rings (SSSR count). The molecule has 0 spiro atoms. The molecule has 2 amide bonds. The molecule has 0 aliphatic heterocycles. The van der Waals surface area contributed by atoms with Crippen LogP contribution in [-0.2, 0) is 4.79 Å². The highest BCUT2D eigenvalue weighted by atomic mass is 32.1. The second-order valence-corrected chi connectivity index (χ2v) is 7.32. The van der Waals surface area contributed by atoms with Gasteiger partial charge in [0.25, 0.3) is 5.91 Å². The van der Waals surface area contributed by atoms with Gasteiger partial charge in [-0.1, -0.05) is 20.8 Å². The number of ether oxygens (including phenoxy) is 1. The molecule has 1 heterocycles. The second-order valence-electron chi connectivity index (χ2n) is 6.29. The van der Waals surface area contributed by atoms with E-state index in [1.807, 2.05) is 13.8 Å². The van der Waals surface area contributed by atoms with E-state index in [2.05, 4.69) is 29.5 Å². The lowest BCUT2D eigenvalue weighted by atomic mass is 10.2. The van der Waals surface area contributed by atoms with E-state index < -0.39 is 0 Å². The minimum absolute atomic E-state index is 0.0657. The third-order valence-corrected chi connectivity index (χ3v) is 5.18. The van der Waals surface area contributed by atoms with Crippen LogP contribution in [0.4, 0.5) is 11.4 Å². The Morgan fingerprint density at radius 2 is 2.00 bits per heavy atom. The van der Waals surface area contributed by atoms with Crippen LogP contribution >= 0.6 is 11.3 Å². The van der Waals surface area contributed by atoms with Gasteiger partial charge in [-0.2, -0.15) is 0 Å². The van der Waals surface area contributed by atoms with Crippen LogP contribution in [-0.4, -0.2) is 23.9 Å². The van der Waals surface area contributed by atoms with E-state index in [-0.39, 0.29) is 17.7 Å². The van der Waals surface area contributed by atoms with Crippen molar-refractivity contribution in [2.45, 2.75) is 46.5 Å². The van der Waals surface area contributed by atoms with Crippen molar-refractivity contribution in [3.8, 4) is 5.75 Å². The molecule has 2 aromatic rings. The Bertz CT molecular complexity index is 799. The van der Waals surface area contributed by atoms with E-state index in [4.69, 9.17) is 4.74 Å². The number of nitrogens with one attached hydrogen (secondary N) is 2. The maximum atomic E-state index is 12.6. The molecule has 2 N–H and O–H groups in total. The van der Waals surface area contributed by atoms with Crippen molar-refractivity contribution in [3.63, 3.8) is 0 Å². The van der Waals surface area contributed by atoms with Crippen LogP contribution < -0.4 is 15.4 Å². The fourth-order valence-electron chi connectivity index (χ4n) is 2.37. The van der Waals surface area contributed by atoms with Gasteiger partial charge in [0.2, 0.25) is 5.91 Å². The maximum absolute atomic E-state index is 12.6. The number of amides is 2. The molecule has 7 heteroatoms. The first-order valence-electron chi connectivity index (χ1n) is 8.62. The second kappa shape index (κ2) is 8.80.